The van der Waals surface area contributed by atoms with E-state index in [-0.39, 0.29) is 18.9 Å². The highest BCUT2D eigenvalue weighted by Crippen LogP contribution is 2.18. The van der Waals surface area contributed by atoms with Crippen molar-refractivity contribution in [2.24, 2.45) is 0 Å². The second-order valence-corrected chi connectivity index (χ2v) is 7.00. The van der Waals surface area contributed by atoms with Crippen molar-refractivity contribution in [3.8, 4) is 0 Å². The van der Waals surface area contributed by atoms with Crippen LogP contribution in [0.15, 0.2) is 24.3 Å². The first kappa shape index (κ1) is 20.1. The molecule has 8 heteroatoms. The van der Waals surface area contributed by atoms with Crippen molar-refractivity contribution in [1.82, 2.24) is 0 Å². The summed E-state index contributed by atoms with van der Waals surface area (Å²) in [5.74, 6) is -0.901. The Balaban J connectivity index is 2.77. The Hall–Kier alpha value is -1.93. The van der Waals surface area contributed by atoms with E-state index in [1.165, 1.54) is 7.11 Å². The fourth-order valence-electron chi connectivity index (χ4n) is 1.91. The third-order valence-electron chi connectivity index (χ3n) is 2.95. The number of methoxy groups -OCH3 is 1. The van der Waals surface area contributed by atoms with E-state index < -0.39 is 22.8 Å². The van der Waals surface area contributed by atoms with Gasteiger partial charge in [0.15, 0.2) is 0 Å². The Kier molecular flexibility index (Phi) is 7.37. The van der Waals surface area contributed by atoms with E-state index in [2.05, 4.69) is 4.74 Å². The Morgan fingerprint density at radius 1 is 1.17 bits per heavy atom. The first-order chi connectivity index (χ1) is 11.1. The maximum Gasteiger partial charge on any atom is 0.327 e. The summed E-state index contributed by atoms with van der Waals surface area (Å²) >= 11 is -2.36. The van der Waals surface area contributed by atoms with E-state index >= 15 is 0 Å². The summed E-state index contributed by atoms with van der Waals surface area (Å²) in [6.07, 6.45) is 0.755. The van der Waals surface area contributed by atoms with Crippen molar-refractivity contribution in [2.45, 2.75) is 39.2 Å². The van der Waals surface area contributed by atoms with Crippen LogP contribution in [0.1, 0.15) is 32.8 Å². The van der Waals surface area contributed by atoms with Crippen LogP contribution in [-0.2, 0) is 36.8 Å². The monoisotopic (exact) mass is 357 g/mol. The van der Waals surface area contributed by atoms with E-state index in [1.807, 2.05) is 0 Å². The zero-order chi connectivity index (χ0) is 18.3. The molecule has 1 aromatic carbocycles. The minimum Gasteiger partial charge on any atom is -0.469 e. The molecule has 0 saturated heterocycles. The van der Waals surface area contributed by atoms with E-state index in [0.717, 1.165) is 9.87 Å². The van der Waals surface area contributed by atoms with Gasteiger partial charge in [-0.2, -0.15) is 0 Å². The molecule has 0 aromatic heterocycles. The average Bonchev–Trinajstić information content (AvgIpc) is 2.49. The van der Waals surface area contributed by atoms with Crippen LogP contribution in [-0.4, -0.2) is 40.0 Å². The Labute approximate surface area is 144 Å². The lowest BCUT2D eigenvalue weighted by molar-refractivity contribution is -0.152. The van der Waals surface area contributed by atoms with Crippen LogP contribution in [0.25, 0.3) is 0 Å². The second-order valence-electron chi connectivity index (χ2n) is 6.10. The van der Waals surface area contributed by atoms with Gasteiger partial charge in [-0.1, -0.05) is 12.1 Å². The van der Waals surface area contributed by atoms with Gasteiger partial charge >= 0.3 is 11.9 Å². The lowest BCUT2D eigenvalue weighted by atomic mass is 10.1. The number of ether oxygens (including phenoxy) is 2. The van der Waals surface area contributed by atoms with Gasteiger partial charge in [0, 0.05) is 6.42 Å². The molecular weight excluding hydrogens is 334 g/mol. The molecule has 0 saturated carbocycles. The number of benzene rings is 1. The smallest absolute Gasteiger partial charge is 0.327 e. The van der Waals surface area contributed by atoms with Gasteiger partial charge in [-0.05, 0) is 44.9 Å². The number of carbonyl (C=O) groups excluding carboxylic acids is 2. The topological polar surface area (TPSA) is 93.1 Å². The van der Waals surface area contributed by atoms with Crippen LogP contribution >= 0.6 is 0 Å². The van der Waals surface area contributed by atoms with E-state index in [1.54, 1.807) is 45.0 Å². The highest BCUT2D eigenvalue weighted by molar-refractivity contribution is 7.80. The normalized spacial score (nSPS) is 12.4. The SMILES string of the molecule is COC(=O)CCc1ccc(N(CC(=O)OC(C)(C)C)S(=O)O)cc1. The van der Waals surface area contributed by atoms with Gasteiger partial charge in [-0.25, -0.2) is 4.21 Å². The summed E-state index contributed by atoms with van der Waals surface area (Å²) in [6.45, 7) is 4.83. The number of rotatable bonds is 7. The molecule has 0 spiro atoms. The van der Waals surface area contributed by atoms with E-state index in [0.29, 0.717) is 12.1 Å². The lowest BCUT2D eigenvalue weighted by Gasteiger charge is -2.23. The Bertz CT molecular complexity index is 594. The first-order valence-corrected chi connectivity index (χ1v) is 8.45. The fourth-order valence-corrected chi connectivity index (χ4v) is 2.42. The van der Waals surface area contributed by atoms with Crippen molar-refractivity contribution < 1.29 is 27.8 Å². The van der Waals surface area contributed by atoms with Crippen LogP contribution in [0.4, 0.5) is 5.69 Å². The quantitative estimate of drug-likeness (QED) is 0.593. The zero-order valence-electron chi connectivity index (χ0n) is 14.3. The molecule has 1 rings (SSSR count). The molecule has 0 aliphatic heterocycles. The molecule has 1 unspecified atom stereocenters. The summed E-state index contributed by atoms with van der Waals surface area (Å²) in [7, 11) is 1.33. The van der Waals surface area contributed by atoms with E-state index in [4.69, 9.17) is 4.74 Å². The number of nitrogens with zero attached hydrogens (tertiary/aromatic N) is 1. The van der Waals surface area contributed by atoms with Crippen LogP contribution in [0, 0.1) is 0 Å². The van der Waals surface area contributed by atoms with Crippen molar-refractivity contribution >= 4 is 28.9 Å². The number of esters is 2. The Morgan fingerprint density at radius 2 is 1.75 bits per heavy atom. The molecule has 0 aliphatic rings. The molecule has 0 amide bonds. The number of aryl methyl sites for hydroxylation is 1. The number of anilines is 1. The van der Waals surface area contributed by atoms with Crippen molar-refractivity contribution in [3.63, 3.8) is 0 Å². The molecule has 1 atom stereocenters. The minimum atomic E-state index is -2.36. The highest BCUT2D eigenvalue weighted by Gasteiger charge is 2.22. The molecule has 0 aliphatic carbocycles. The van der Waals surface area contributed by atoms with Gasteiger partial charge in [0.25, 0.3) is 11.3 Å². The predicted octanol–water partition coefficient (Wildman–Crippen LogP) is 2.08. The maximum absolute atomic E-state index is 11.9. The Morgan fingerprint density at radius 3 is 2.21 bits per heavy atom. The molecule has 0 radical (unpaired) electrons. The molecule has 0 fully saturated rings. The van der Waals surface area contributed by atoms with Crippen LogP contribution in [0.2, 0.25) is 0 Å². The minimum absolute atomic E-state index is 0.253. The molecule has 1 aromatic rings. The summed E-state index contributed by atoms with van der Waals surface area (Å²) < 4.78 is 31.7. The molecule has 1 N–H and O–H groups in total. The third-order valence-corrected chi connectivity index (χ3v) is 3.67. The summed E-state index contributed by atoms with van der Waals surface area (Å²) in [5, 5.41) is 0. The van der Waals surface area contributed by atoms with Crippen LogP contribution in [0.3, 0.4) is 0 Å². The molecule has 7 nitrogen and oxygen atoms in total. The predicted molar refractivity (Wildman–Crippen MR) is 90.7 cm³/mol. The summed E-state index contributed by atoms with van der Waals surface area (Å²) in [4.78, 5) is 23.0. The third kappa shape index (κ3) is 7.10. The standard InChI is InChI=1S/C16H23NO6S/c1-16(2,3)23-15(19)11-17(24(20)21)13-8-5-12(6-9-13)7-10-14(18)22-4/h5-6,8-9H,7,10-11H2,1-4H3,(H,20,21). The van der Waals surface area contributed by atoms with Gasteiger partial charge in [0.1, 0.15) is 12.1 Å². The van der Waals surface area contributed by atoms with Crippen molar-refractivity contribution in [2.75, 3.05) is 18.0 Å². The van der Waals surface area contributed by atoms with Crippen molar-refractivity contribution in [1.29, 1.82) is 0 Å². The molecule has 0 heterocycles. The second kappa shape index (κ2) is 8.79. The zero-order valence-corrected chi connectivity index (χ0v) is 15.1. The van der Waals surface area contributed by atoms with Gasteiger partial charge in [-0.15, -0.1) is 0 Å². The molecular formula is C16H23NO6S. The largest absolute Gasteiger partial charge is 0.469 e. The summed E-state index contributed by atoms with van der Waals surface area (Å²) in [5.41, 5.74) is 0.617. The highest BCUT2D eigenvalue weighted by atomic mass is 32.2. The number of hydrogen-bond acceptors (Lipinski definition) is 5. The molecule has 0 bridgehead atoms. The fraction of sp³-hybridized carbons (Fsp3) is 0.500. The molecule has 24 heavy (non-hydrogen) atoms. The van der Waals surface area contributed by atoms with Gasteiger partial charge < -0.3 is 9.47 Å². The van der Waals surface area contributed by atoms with Gasteiger partial charge in [0.05, 0.1) is 12.8 Å². The lowest BCUT2D eigenvalue weighted by Crippen LogP contribution is -2.35. The van der Waals surface area contributed by atoms with Crippen molar-refractivity contribution in [3.05, 3.63) is 29.8 Å². The number of carbonyl (C=O) groups is 2. The number of hydrogen-bond donors (Lipinski definition) is 1. The molecule has 134 valence electrons. The average molecular weight is 357 g/mol. The first-order valence-electron chi connectivity index (χ1n) is 7.38. The van der Waals surface area contributed by atoms with Crippen LogP contribution in [0.5, 0.6) is 0 Å². The van der Waals surface area contributed by atoms with E-state index in [9.17, 15) is 18.4 Å². The maximum atomic E-state index is 11.9. The van der Waals surface area contributed by atoms with Gasteiger partial charge in [-0.3, -0.25) is 18.4 Å². The summed E-state index contributed by atoms with van der Waals surface area (Å²) in [6, 6.07) is 6.69. The van der Waals surface area contributed by atoms with Crippen LogP contribution < -0.4 is 4.31 Å². The van der Waals surface area contributed by atoms with Gasteiger partial charge in [0.2, 0.25) is 0 Å².